The van der Waals surface area contributed by atoms with Gasteiger partial charge in [-0.2, -0.15) is 40.8 Å². The van der Waals surface area contributed by atoms with Crippen molar-refractivity contribution in [1.29, 1.82) is 0 Å². The zero-order chi connectivity index (χ0) is 84.1. The van der Waals surface area contributed by atoms with E-state index < -0.39 is 25.0 Å². The number of methoxy groups -OCH3 is 2. The maximum absolute atomic E-state index is 12.9. The molecule has 2 aliphatic heterocycles. The Labute approximate surface area is 723 Å². The molecule has 2 aliphatic rings. The number of hydrogen-bond donors (Lipinski definition) is 8. The molecule has 640 valence electrons. The molecule has 16 aromatic rings. The number of carbonyl (C=O) groups is 4. The number of carbonyl (C=O) groups excluding carboxylic acids is 3. The van der Waals surface area contributed by atoms with Crippen molar-refractivity contribution in [3.8, 4) is 57.0 Å². The van der Waals surface area contributed by atoms with Crippen LogP contribution in [-0.2, 0) is 18.9 Å². The van der Waals surface area contributed by atoms with E-state index in [0.29, 0.717) is 70.8 Å². The van der Waals surface area contributed by atoms with Gasteiger partial charge in [-0.25, -0.2) is 74.2 Å². The molecule has 2 atom stereocenters. The molecule has 0 aromatic carbocycles. The van der Waals surface area contributed by atoms with Gasteiger partial charge in [0, 0.05) is 115 Å². The summed E-state index contributed by atoms with van der Waals surface area (Å²) in [5, 5.41) is 59.4. The standard InChI is InChI=1S/C21H22N8O2.C16H14N8O2.C15H12N8O2.C8H9BN2O2.C8H7ClN6O2.C5H11NO.3CH4.Li.H2O/c1-13-11-23-17-7-4-14(12-28(13)17)18-21(29-24-8-9-25-29)27-20(22)19(26-18)16(30)6-5-15-3-2-10-31-15;1-9-7-18-11-4-3-10(8-23(9)11)12-15(24-19-5-6-20-24)22-14(17)13(21-12)16(25)26-2;1-8-6-17-10-3-2-9(7-22(8)10)11-14(23-18-4-5-19-23)21-13(16)12(20-11)15(24)25;1-6-4-10-8-3-2-7(9(12)13)5-11(6)8;1-17-8(16)4-6(10)14-7(5(9)13-4)15-11-2-3-12-15;6-4-5-2-1-3-7-5;;;;;/h4,7-9,11-12,15H,2-3,5-6,10H2,1H3,(H2,22,27);3-8H,1-2H3,(H2,17,22);2-7H,1H3,(H2,16,21)(H,24,25);2-5,12-13H,1H3;2-3H,1H3,(H2,10,14);5H,1-4,6H2;3*1H4;;1H2/q;;;;;;;;;+1;/p-1/t15-;;;;;5-;;;;;/m1....1...../s1. The summed E-state index contributed by atoms with van der Waals surface area (Å²) >= 11 is 5.86. The molecule has 0 amide bonds. The number of halogens is 1. The first-order chi connectivity index (χ1) is 57.5. The van der Waals surface area contributed by atoms with Crippen molar-refractivity contribution in [2.45, 2.75) is 101 Å². The quantitative estimate of drug-likeness (QED) is 0.0391. The normalized spacial score (nSPS) is 12.9. The van der Waals surface area contributed by atoms with Crippen molar-refractivity contribution < 1.29 is 77.6 Å². The van der Waals surface area contributed by atoms with Crippen LogP contribution in [0.15, 0.2) is 148 Å². The maximum atomic E-state index is 12.9. The summed E-state index contributed by atoms with van der Waals surface area (Å²) < 4.78 is 27.6. The number of aromatic nitrogens is 28. The predicted molar refractivity (Wildman–Crippen MR) is 449 cm³/mol. The number of nitrogens with zero attached hydrogens (tertiary/aromatic N) is 28. The Hall–Kier alpha value is -14.4. The minimum Gasteiger partial charge on any atom is -0.870 e. The van der Waals surface area contributed by atoms with E-state index in [4.69, 9.17) is 64.5 Å². The smallest absolute Gasteiger partial charge is 0.870 e. The molecule has 2 saturated heterocycles. The fraction of sp³-hybridized carbons (Fsp3) is 0.263. The van der Waals surface area contributed by atoms with Gasteiger partial charge < -0.3 is 85.8 Å². The third-order valence-electron chi connectivity index (χ3n) is 18.1. The van der Waals surface area contributed by atoms with Gasteiger partial charge in [0.25, 0.3) is 0 Å². The predicted octanol–water partition coefficient (Wildman–Crippen LogP) is 2.68. The SMILES string of the molecule is C.C.C.COC(=O)c1nc(-c2ccc3ncc(C)n3c2)c(-n2nccn2)nc1N.COC(=O)c1nc(Cl)c(-n2nccn2)nc1N.Cc1cnc2ccc(-c3nc(C(=O)CC[C@H]4CCCO4)c(N)nc3-n3nccn3)cn12.Cc1cnc2ccc(-c3nc(C(=O)O)c(N)nc3-n3nccn3)cn12.Cc1cnc2ccc(B(O)O)cn12.NC[C@H]1CCCO1.[Li+].[OH-]. The summed E-state index contributed by atoms with van der Waals surface area (Å²) in [5.41, 5.74) is 39.0. The van der Waals surface area contributed by atoms with Gasteiger partial charge in [-0.3, -0.25) is 4.79 Å². The maximum Gasteiger partial charge on any atom is 1.00 e. The number of Topliss-reactive ketones (excluding diaryl/α,β-unsaturated/α-hetero) is 1. The summed E-state index contributed by atoms with van der Waals surface area (Å²) in [6.07, 6.45) is 32.1. The summed E-state index contributed by atoms with van der Waals surface area (Å²) in [4.78, 5) is 104. The average molecular weight is 1710 g/mol. The summed E-state index contributed by atoms with van der Waals surface area (Å²) in [7, 11) is 1.04. The molecule has 16 aromatic heterocycles. The van der Waals surface area contributed by atoms with Gasteiger partial charge in [-0.1, -0.05) is 39.9 Å². The minimum atomic E-state index is -1.42. The van der Waals surface area contributed by atoms with Crippen LogP contribution in [0.2, 0.25) is 5.15 Å². The van der Waals surface area contributed by atoms with Gasteiger partial charge in [-0.05, 0) is 108 Å². The molecule has 0 unspecified atom stereocenters. The number of carboxylic acids is 1. The third kappa shape index (κ3) is 21.5. The van der Waals surface area contributed by atoms with E-state index in [0.717, 1.165) is 88.2 Å². The molecule has 0 aliphatic carbocycles. The van der Waals surface area contributed by atoms with Gasteiger partial charge in [0.05, 0.1) is 76.0 Å². The Balaban J connectivity index is 0.000000191. The van der Waals surface area contributed by atoms with Gasteiger partial charge in [-0.15, -0.1) is 19.2 Å². The van der Waals surface area contributed by atoms with Crippen LogP contribution in [0.4, 0.5) is 23.3 Å². The summed E-state index contributed by atoms with van der Waals surface area (Å²) in [6.45, 7) is 10.1. The Morgan fingerprint density at radius 1 is 0.468 bits per heavy atom. The van der Waals surface area contributed by atoms with Gasteiger partial charge in [0.2, 0.25) is 23.3 Å². The molecule has 124 heavy (non-hydrogen) atoms. The largest absolute Gasteiger partial charge is 1.00 e. The van der Waals surface area contributed by atoms with Crippen LogP contribution in [0.1, 0.15) is 126 Å². The monoisotopic (exact) mass is 1710 g/mol. The molecular weight excluding hydrogens is 1620 g/mol. The minimum absolute atomic E-state index is 0. The Morgan fingerprint density at radius 3 is 1.14 bits per heavy atom. The average Bonchev–Trinajstić information content (AvgIpc) is 1.51. The second-order valence-corrected chi connectivity index (χ2v) is 26.4. The number of pyridine rings is 4. The van der Waals surface area contributed by atoms with E-state index in [1.54, 1.807) is 73.8 Å². The Kier molecular flexibility index (Phi) is 32.8. The number of nitrogens with two attached hydrogens (primary N) is 5. The van der Waals surface area contributed by atoms with Gasteiger partial charge in [0.1, 0.15) is 45.4 Å². The van der Waals surface area contributed by atoms with Crippen LogP contribution in [0, 0.1) is 27.7 Å². The number of aromatic carboxylic acids is 1. The molecule has 0 bridgehead atoms. The van der Waals surface area contributed by atoms with E-state index in [9.17, 15) is 24.3 Å². The van der Waals surface area contributed by atoms with E-state index in [2.05, 4.69) is 105 Å². The molecule has 0 spiro atoms. The van der Waals surface area contributed by atoms with E-state index in [1.165, 1.54) is 72.2 Å². The van der Waals surface area contributed by atoms with Crippen molar-refractivity contribution in [1.82, 2.24) is 137 Å². The van der Waals surface area contributed by atoms with Gasteiger partial charge >= 0.3 is 43.9 Å². The van der Waals surface area contributed by atoms with Crippen LogP contribution in [0.3, 0.4) is 0 Å². The van der Waals surface area contributed by atoms with Crippen molar-refractivity contribution in [2.75, 3.05) is 56.9 Å². The fourth-order valence-corrected chi connectivity index (χ4v) is 12.3. The second-order valence-electron chi connectivity index (χ2n) is 26.1. The molecule has 14 N–H and O–H groups in total. The number of ether oxygens (including phenoxy) is 4. The summed E-state index contributed by atoms with van der Waals surface area (Å²) in [5.74, 6) is -2.06. The fourth-order valence-electron chi connectivity index (χ4n) is 12.1. The molecule has 48 heteroatoms. The number of ketones is 1. The molecule has 2 fully saturated rings. The number of esters is 2. The van der Waals surface area contributed by atoms with Crippen molar-refractivity contribution in [2.24, 2.45) is 5.73 Å². The molecule has 18 rings (SSSR count). The van der Waals surface area contributed by atoms with Crippen LogP contribution in [0.25, 0.3) is 79.6 Å². The van der Waals surface area contributed by atoms with Crippen LogP contribution < -0.4 is 53.0 Å². The van der Waals surface area contributed by atoms with Crippen LogP contribution in [0.5, 0.6) is 0 Å². The first kappa shape index (κ1) is 95.1. The van der Waals surface area contributed by atoms with Gasteiger partial charge in [0.15, 0.2) is 51.3 Å². The Morgan fingerprint density at radius 2 is 0.790 bits per heavy atom. The third-order valence-corrected chi connectivity index (χ3v) is 18.4. The number of aryl methyl sites for hydroxylation is 4. The Bertz CT molecular complexity index is 6300. The number of imidazole rings is 4. The number of anilines is 4. The number of nitrogen functional groups attached to an aromatic ring is 4. The van der Waals surface area contributed by atoms with E-state index in [-0.39, 0.29) is 121 Å². The van der Waals surface area contributed by atoms with Crippen molar-refractivity contribution in [3.05, 3.63) is 198 Å². The number of hydrogen-bond acceptors (Lipinski definition) is 36. The molecule has 45 nitrogen and oxygen atoms in total. The van der Waals surface area contributed by atoms with Crippen LogP contribution in [-0.4, -0.2) is 235 Å². The first-order valence-corrected chi connectivity index (χ1v) is 36.7. The number of carboxylic acid groups (broad SMARTS) is 1. The van der Waals surface area contributed by atoms with E-state index >= 15 is 0 Å². The zero-order valence-corrected chi connectivity index (χ0v) is 66.5. The number of fused-ring (bicyclic) bond motifs is 4. The first-order valence-electron chi connectivity index (χ1n) is 36.3. The molecule has 0 saturated carbocycles. The molecular formula is C76H88BClLiN33O12. The topological polar surface area (TPSA) is 621 Å². The number of rotatable bonds is 16. The van der Waals surface area contributed by atoms with Crippen LogP contribution >= 0.6 is 11.6 Å². The second kappa shape index (κ2) is 42.7. The van der Waals surface area contributed by atoms with Crippen molar-refractivity contribution >= 4 is 93.7 Å². The molecule has 18 heterocycles. The van der Waals surface area contributed by atoms with Crippen molar-refractivity contribution in [3.63, 3.8) is 0 Å². The summed E-state index contributed by atoms with van der Waals surface area (Å²) in [6, 6.07) is 14.4. The zero-order valence-electron chi connectivity index (χ0n) is 65.8. The van der Waals surface area contributed by atoms with E-state index in [1.807, 2.05) is 82.0 Å². The molecule has 0 radical (unpaired) electrons.